The molecule has 0 aliphatic rings. The molecule has 5 nitrogen and oxygen atoms in total. The van der Waals surface area contributed by atoms with Crippen LogP contribution in [0, 0.1) is 3.57 Å². The Hall–Kier alpha value is -1.57. The Bertz CT molecular complexity index is 538. The van der Waals surface area contributed by atoms with Gasteiger partial charge in [0.05, 0.1) is 11.8 Å². The number of amides is 1. The minimum Gasteiger partial charge on any atom is -0.384 e. The van der Waals surface area contributed by atoms with Gasteiger partial charge in [-0.3, -0.25) is 9.89 Å². The molecule has 0 saturated heterocycles. The number of nitrogens with two attached hydrogens (primary N) is 1. The second-order valence-electron chi connectivity index (χ2n) is 3.47. The van der Waals surface area contributed by atoms with E-state index in [2.05, 4.69) is 38.1 Å². The zero-order valence-electron chi connectivity index (χ0n) is 8.90. The third-order valence-electron chi connectivity index (χ3n) is 2.31. The van der Waals surface area contributed by atoms with E-state index in [0.29, 0.717) is 17.9 Å². The summed E-state index contributed by atoms with van der Waals surface area (Å²) >= 11 is 2.13. The topological polar surface area (TPSA) is 83.8 Å². The minimum atomic E-state index is -0.115. The van der Waals surface area contributed by atoms with Crippen molar-refractivity contribution in [1.82, 2.24) is 15.5 Å². The first-order chi connectivity index (χ1) is 8.18. The zero-order chi connectivity index (χ0) is 12.3. The van der Waals surface area contributed by atoms with Crippen LogP contribution in [0.3, 0.4) is 0 Å². The van der Waals surface area contributed by atoms with Crippen molar-refractivity contribution < 1.29 is 4.79 Å². The Morgan fingerprint density at radius 2 is 2.24 bits per heavy atom. The minimum absolute atomic E-state index is 0.115. The summed E-state index contributed by atoms with van der Waals surface area (Å²) in [6.07, 6.45) is 1.60. The van der Waals surface area contributed by atoms with Gasteiger partial charge in [-0.25, -0.2) is 0 Å². The quantitative estimate of drug-likeness (QED) is 0.740. The number of carbonyl (C=O) groups is 1. The van der Waals surface area contributed by atoms with Crippen LogP contribution in [0.25, 0.3) is 0 Å². The first-order valence-corrected chi connectivity index (χ1v) is 6.07. The summed E-state index contributed by atoms with van der Waals surface area (Å²) in [7, 11) is 0. The third-order valence-corrected chi connectivity index (χ3v) is 3.25. The van der Waals surface area contributed by atoms with Crippen molar-refractivity contribution in [3.05, 3.63) is 45.2 Å². The number of nitrogens with one attached hydrogen (secondary N) is 2. The van der Waals surface area contributed by atoms with Crippen LogP contribution in [0.15, 0.2) is 30.5 Å². The van der Waals surface area contributed by atoms with Crippen molar-refractivity contribution in [2.75, 3.05) is 5.73 Å². The van der Waals surface area contributed by atoms with E-state index in [9.17, 15) is 4.79 Å². The molecule has 0 unspecified atom stereocenters. The summed E-state index contributed by atoms with van der Waals surface area (Å²) in [4.78, 5) is 11.9. The lowest BCUT2D eigenvalue weighted by atomic mass is 10.2. The third kappa shape index (κ3) is 2.76. The Balaban J connectivity index is 2.04. The van der Waals surface area contributed by atoms with E-state index in [1.807, 2.05) is 18.2 Å². The molecule has 4 N–H and O–H groups in total. The highest BCUT2D eigenvalue weighted by Crippen LogP contribution is 2.12. The molecule has 0 saturated carbocycles. The number of benzene rings is 1. The first kappa shape index (κ1) is 11.9. The number of rotatable bonds is 3. The average Bonchev–Trinajstić information content (AvgIpc) is 2.72. The van der Waals surface area contributed by atoms with E-state index in [0.717, 1.165) is 9.13 Å². The summed E-state index contributed by atoms with van der Waals surface area (Å²) in [6.45, 7) is 0.367. The van der Waals surface area contributed by atoms with E-state index in [-0.39, 0.29) is 5.91 Å². The van der Waals surface area contributed by atoms with Gasteiger partial charge in [-0.15, -0.1) is 0 Å². The van der Waals surface area contributed by atoms with Crippen LogP contribution < -0.4 is 11.1 Å². The fourth-order valence-electron chi connectivity index (χ4n) is 1.38. The molecule has 1 amide bonds. The van der Waals surface area contributed by atoms with Crippen molar-refractivity contribution in [1.29, 1.82) is 0 Å². The second kappa shape index (κ2) is 5.17. The molecule has 88 valence electrons. The molecule has 17 heavy (non-hydrogen) atoms. The molecule has 1 aromatic heterocycles. The molecule has 2 aromatic rings. The van der Waals surface area contributed by atoms with Gasteiger partial charge in [-0.05, 0) is 34.7 Å². The van der Waals surface area contributed by atoms with Crippen LogP contribution in [0.2, 0.25) is 0 Å². The lowest BCUT2D eigenvalue weighted by molar-refractivity contribution is 0.0950. The van der Waals surface area contributed by atoms with Crippen LogP contribution in [0.1, 0.15) is 15.9 Å². The molecule has 0 spiro atoms. The highest BCUT2D eigenvalue weighted by molar-refractivity contribution is 14.1. The molecule has 1 heterocycles. The Labute approximate surface area is 112 Å². The lowest BCUT2D eigenvalue weighted by Crippen LogP contribution is -2.23. The number of anilines is 1. The fourth-order valence-corrected chi connectivity index (χ4v) is 2.01. The monoisotopic (exact) mass is 342 g/mol. The molecule has 0 aliphatic heterocycles. The van der Waals surface area contributed by atoms with Gasteiger partial charge in [-0.2, -0.15) is 5.10 Å². The first-order valence-electron chi connectivity index (χ1n) is 4.99. The number of nitrogens with zero attached hydrogens (tertiary/aromatic N) is 1. The number of carbonyl (C=O) groups excluding carboxylic acids is 1. The van der Waals surface area contributed by atoms with E-state index in [1.54, 1.807) is 12.3 Å². The number of aromatic amines is 1. The summed E-state index contributed by atoms with van der Waals surface area (Å²) in [5.74, 6) is 0.364. The van der Waals surface area contributed by atoms with Crippen LogP contribution in [0.4, 0.5) is 5.82 Å². The summed E-state index contributed by atoms with van der Waals surface area (Å²) < 4.78 is 0.919. The van der Waals surface area contributed by atoms with Gasteiger partial charge in [0.2, 0.25) is 0 Å². The molecule has 0 bridgehead atoms. The number of H-pyrrole nitrogens is 1. The van der Waals surface area contributed by atoms with E-state index >= 15 is 0 Å². The molecule has 0 fully saturated rings. The van der Waals surface area contributed by atoms with Crippen LogP contribution in [-0.4, -0.2) is 16.1 Å². The molecule has 2 rings (SSSR count). The smallest absolute Gasteiger partial charge is 0.252 e. The molecule has 6 heteroatoms. The zero-order valence-corrected chi connectivity index (χ0v) is 11.1. The van der Waals surface area contributed by atoms with Crippen molar-refractivity contribution in [2.45, 2.75) is 6.54 Å². The standard InChI is InChI=1S/C11H11IN4O/c12-9-4-2-1-3-8(9)11(17)14-5-7-6-15-16-10(7)13/h1-4,6H,5H2,(H,14,17)(H3,13,15,16). The fraction of sp³-hybridized carbons (Fsp3) is 0.0909. The number of nitrogen functional groups attached to an aromatic ring is 1. The SMILES string of the molecule is Nc1[nH]ncc1CNC(=O)c1ccccc1I. The number of hydrogen-bond acceptors (Lipinski definition) is 3. The van der Waals surface area contributed by atoms with Crippen molar-refractivity contribution in [3.8, 4) is 0 Å². The highest BCUT2D eigenvalue weighted by atomic mass is 127. The van der Waals surface area contributed by atoms with Gasteiger partial charge in [-0.1, -0.05) is 12.1 Å². The average molecular weight is 342 g/mol. The van der Waals surface area contributed by atoms with Gasteiger partial charge in [0.15, 0.2) is 0 Å². The second-order valence-corrected chi connectivity index (χ2v) is 4.63. The summed E-state index contributed by atoms with van der Waals surface area (Å²) in [6, 6.07) is 7.41. The Morgan fingerprint density at radius 3 is 2.88 bits per heavy atom. The van der Waals surface area contributed by atoms with E-state index in [4.69, 9.17) is 5.73 Å². The molecule has 0 aliphatic carbocycles. The normalized spacial score (nSPS) is 10.2. The molecule has 0 atom stereocenters. The molecular weight excluding hydrogens is 331 g/mol. The van der Waals surface area contributed by atoms with Crippen LogP contribution >= 0.6 is 22.6 Å². The maximum Gasteiger partial charge on any atom is 0.252 e. The predicted molar refractivity (Wildman–Crippen MR) is 73.3 cm³/mol. The van der Waals surface area contributed by atoms with Crippen LogP contribution in [0.5, 0.6) is 0 Å². The van der Waals surface area contributed by atoms with Crippen molar-refractivity contribution >= 4 is 34.3 Å². The number of hydrogen-bond donors (Lipinski definition) is 3. The molecule has 1 aromatic carbocycles. The van der Waals surface area contributed by atoms with Crippen LogP contribution in [-0.2, 0) is 6.54 Å². The van der Waals surface area contributed by atoms with E-state index in [1.165, 1.54) is 0 Å². The van der Waals surface area contributed by atoms with Gasteiger partial charge in [0.25, 0.3) is 5.91 Å². The summed E-state index contributed by atoms with van der Waals surface area (Å²) in [5.41, 5.74) is 7.07. The van der Waals surface area contributed by atoms with Crippen molar-refractivity contribution in [2.24, 2.45) is 0 Å². The molecule has 0 radical (unpaired) electrons. The van der Waals surface area contributed by atoms with Gasteiger partial charge in [0.1, 0.15) is 5.82 Å². The maximum atomic E-state index is 11.9. The maximum absolute atomic E-state index is 11.9. The number of aromatic nitrogens is 2. The Morgan fingerprint density at radius 1 is 1.47 bits per heavy atom. The highest BCUT2D eigenvalue weighted by Gasteiger charge is 2.09. The predicted octanol–water partition coefficient (Wildman–Crippen LogP) is 1.53. The lowest BCUT2D eigenvalue weighted by Gasteiger charge is -2.05. The van der Waals surface area contributed by atoms with Crippen molar-refractivity contribution in [3.63, 3.8) is 0 Å². The van der Waals surface area contributed by atoms with Gasteiger partial charge >= 0.3 is 0 Å². The number of halogens is 1. The largest absolute Gasteiger partial charge is 0.384 e. The molecular formula is C11H11IN4O. The van der Waals surface area contributed by atoms with Gasteiger partial charge in [0, 0.05) is 15.7 Å². The van der Waals surface area contributed by atoms with Gasteiger partial charge < -0.3 is 11.1 Å². The van der Waals surface area contributed by atoms with E-state index < -0.39 is 0 Å². The summed E-state index contributed by atoms with van der Waals surface area (Å²) in [5, 5.41) is 9.20. The Kier molecular flexibility index (Phi) is 3.62.